The van der Waals surface area contributed by atoms with Gasteiger partial charge in [0.05, 0.1) is 11.4 Å². The van der Waals surface area contributed by atoms with Crippen LogP contribution in [0.15, 0.2) is 67.3 Å². The predicted molar refractivity (Wildman–Crippen MR) is 222 cm³/mol. The molecule has 2 aliphatic rings. The Morgan fingerprint density at radius 3 is 1.89 bits per heavy atom. The monoisotopic (exact) mass is 813 g/mol. The highest BCUT2D eigenvalue weighted by atomic mass is 35.5. The minimum absolute atomic E-state index is 0.304. The molecular formula is C42H47Cl2F2N11. The second-order valence-corrected chi connectivity index (χ2v) is 15.8. The molecule has 0 bridgehead atoms. The molecule has 3 N–H and O–H groups in total. The first kappa shape index (κ1) is 40.4. The highest BCUT2D eigenvalue weighted by Gasteiger charge is 2.29. The first-order valence-corrected chi connectivity index (χ1v) is 20.2. The summed E-state index contributed by atoms with van der Waals surface area (Å²) in [5, 5.41) is 19.4. The lowest BCUT2D eigenvalue weighted by molar-refractivity contribution is 0.253. The van der Waals surface area contributed by atoms with Crippen LogP contribution in [-0.4, -0.2) is 97.5 Å². The summed E-state index contributed by atoms with van der Waals surface area (Å²) in [5.74, 6) is 0.457. The van der Waals surface area contributed by atoms with Gasteiger partial charge in [0.2, 0.25) is 5.95 Å². The second kappa shape index (κ2) is 18.6. The standard InChI is InChI=1S/C23H29ClFN7.C19H18ClFN4/c1-31(2)13-10-27-23-26-9-6-19(28-23)20-21(15-7-11-32(3)12-8-15)29-30-22(20)17-5-4-16(24)14-18(17)25;20-13-6-7-14(15(21)10-13)19-17(16-8-9-22-11-23-16)18(24-25-19)12-4-2-1-3-5-12/h4-6,9,14-15H,7-8,10-13H2,1-3H3,(H,29,30)(H,26,27,28);6-12H,1-5H2,(H,24,25). The van der Waals surface area contributed by atoms with E-state index in [-0.39, 0.29) is 5.82 Å². The lowest BCUT2D eigenvalue weighted by atomic mass is 9.84. The smallest absolute Gasteiger partial charge is 0.223 e. The van der Waals surface area contributed by atoms with Crippen LogP contribution in [0.3, 0.4) is 0 Å². The number of aromatic amines is 2. The van der Waals surface area contributed by atoms with Crippen molar-refractivity contribution in [1.29, 1.82) is 0 Å². The summed E-state index contributed by atoms with van der Waals surface area (Å²) in [6.07, 6.45) is 12.9. The number of halogens is 4. The van der Waals surface area contributed by atoms with E-state index in [0.29, 0.717) is 50.3 Å². The van der Waals surface area contributed by atoms with Gasteiger partial charge in [0.25, 0.3) is 0 Å². The Labute approximate surface area is 341 Å². The van der Waals surface area contributed by atoms with Crippen molar-refractivity contribution >= 4 is 29.2 Å². The molecule has 2 aromatic carbocycles. The first-order chi connectivity index (χ1) is 27.7. The number of H-pyrrole nitrogens is 2. The molecule has 5 heterocycles. The summed E-state index contributed by atoms with van der Waals surface area (Å²) >= 11 is 11.9. The van der Waals surface area contributed by atoms with Crippen molar-refractivity contribution in [2.45, 2.75) is 56.8 Å². The summed E-state index contributed by atoms with van der Waals surface area (Å²) in [6, 6.07) is 13.0. The molecule has 0 spiro atoms. The molecule has 57 heavy (non-hydrogen) atoms. The molecule has 1 saturated carbocycles. The number of likely N-dealkylation sites (tertiary alicyclic amines) is 1. The van der Waals surface area contributed by atoms with Crippen LogP contribution in [0.2, 0.25) is 10.0 Å². The van der Waals surface area contributed by atoms with Crippen molar-refractivity contribution < 1.29 is 8.78 Å². The number of rotatable bonds is 10. The number of nitrogens with one attached hydrogen (secondary N) is 3. The fraction of sp³-hybridized carbons (Fsp3) is 0.381. The van der Waals surface area contributed by atoms with Gasteiger partial charge >= 0.3 is 0 Å². The molecule has 1 saturated heterocycles. The van der Waals surface area contributed by atoms with Crippen LogP contribution in [0.4, 0.5) is 14.7 Å². The van der Waals surface area contributed by atoms with E-state index in [9.17, 15) is 8.78 Å². The van der Waals surface area contributed by atoms with Gasteiger partial charge < -0.3 is 15.1 Å². The molecule has 4 aromatic heterocycles. The zero-order valence-corrected chi connectivity index (χ0v) is 33.9. The Kier molecular flexibility index (Phi) is 13.2. The predicted octanol–water partition coefficient (Wildman–Crippen LogP) is 9.48. The number of hydrogen-bond acceptors (Lipinski definition) is 9. The fourth-order valence-electron chi connectivity index (χ4n) is 7.67. The molecule has 0 amide bonds. The van der Waals surface area contributed by atoms with Gasteiger partial charge in [-0.1, -0.05) is 42.5 Å². The normalized spacial score (nSPS) is 15.4. The molecule has 0 unspecified atom stereocenters. The SMILES string of the molecule is CN(C)CCNc1nccc(-c2c(-c3ccc(Cl)cc3F)n[nH]c2C2CCN(C)CC2)n1.Fc1cc(Cl)ccc1-c1n[nH]c(C2CCCCC2)c1-c1ccncn1. The first-order valence-electron chi connectivity index (χ1n) is 19.4. The maximum absolute atomic E-state index is 14.9. The quantitative estimate of drug-likeness (QED) is 0.124. The number of benzene rings is 2. The van der Waals surface area contributed by atoms with Gasteiger partial charge in [-0.3, -0.25) is 10.2 Å². The average molecular weight is 815 g/mol. The number of likely N-dealkylation sites (N-methyl/N-ethyl adjacent to an activating group) is 1. The molecule has 6 aromatic rings. The molecule has 15 heteroatoms. The van der Waals surface area contributed by atoms with E-state index in [0.717, 1.165) is 85.8 Å². The third-order valence-corrected chi connectivity index (χ3v) is 11.2. The van der Waals surface area contributed by atoms with E-state index in [1.54, 1.807) is 36.7 Å². The zero-order chi connectivity index (χ0) is 39.9. The van der Waals surface area contributed by atoms with Gasteiger partial charge in [0, 0.05) is 81.0 Å². The van der Waals surface area contributed by atoms with Crippen LogP contribution in [0.25, 0.3) is 45.0 Å². The number of aromatic nitrogens is 8. The van der Waals surface area contributed by atoms with E-state index in [1.807, 2.05) is 26.2 Å². The van der Waals surface area contributed by atoms with Crippen LogP contribution in [0.1, 0.15) is 68.2 Å². The van der Waals surface area contributed by atoms with Crippen molar-refractivity contribution in [3.05, 3.63) is 100 Å². The van der Waals surface area contributed by atoms with Gasteiger partial charge in [-0.2, -0.15) is 10.2 Å². The molecule has 298 valence electrons. The Morgan fingerprint density at radius 1 is 0.754 bits per heavy atom. The molecule has 0 atom stereocenters. The summed E-state index contributed by atoms with van der Waals surface area (Å²) < 4.78 is 29.4. The van der Waals surface area contributed by atoms with Crippen LogP contribution in [0, 0.1) is 11.6 Å². The van der Waals surface area contributed by atoms with E-state index >= 15 is 0 Å². The van der Waals surface area contributed by atoms with Crippen molar-refractivity contribution in [3.63, 3.8) is 0 Å². The van der Waals surface area contributed by atoms with E-state index < -0.39 is 5.82 Å². The molecule has 8 rings (SSSR count). The fourth-order valence-corrected chi connectivity index (χ4v) is 7.99. The molecule has 2 fully saturated rings. The molecule has 1 aliphatic heterocycles. The maximum Gasteiger partial charge on any atom is 0.223 e. The zero-order valence-electron chi connectivity index (χ0n) is 32.4. The topological polar surface area (TPSA) is 127 Å². The van der Waals surface area contributed by atoms with Gasteiger partial charge in [-0.15, -0.1) is 0 Å². The van der Waals surface area contributed by atoms with Gasteiger partial charge in [-0.05, 0) is 108 Å². The number of hydrogen-bond donors (Lipinski definition) is 3. The lowest BCUT2D eigenvalue weighted by Gasteiger charge is -2.28. The minimum atomic E-state index is -0.404. The average Bonchev–Trinajstić information content (AvgIpc) is 3.85. The van der Waals surface area contributed by atoms with E-state index in [1.165, 1.54) is 37.7 Å². The van der Waals surface area contributed by atoms with Crippen LogP contribution in [0.5, 0.6) is 0 Å². The molecular weight excluding hydrogens is 767 g/mol. The second-order valence-electron chi connectivity index (χ2n) is 15.0. The van der Waals surface area contributed by atoms with Gasteiger partial charge in [0.1, 0.15) is 29.3 Å². The third kappa shape index (κ3) is 9.66. The van der Waals surface area contributed by atoms with Crippen molar-refractivity contribution in [2.75, 3.05) is 52.6 Å². The van der Waals surface area contributed by atoms with Crippen molar-refractivity contribution in [2.24, 2.45) is 0 Å². The number of nitrogens with zero attached hydrogens (tertiary/aromatic N) is 8. The summed E-state index contributed by atoms with van der Waals surface area (Å²) in [6.45, 7) is 3.60. The number of anilines is 1. The summed E-state index contributed by atoms with van der Waals surface area (Å²) in [5.41, 5.74) is 7.18. The van der Waals surface area contributed by atoms with Gasteiger partial charge in [-0.25, -0.2) is 28.7 Å². The van der Waals surface area contributed by atoms with Crippen molar-refractivity contribution in [3.8, 4) is 45.0 Å². The van der Waals surface area contributed by atoms with Crippen LogP contribution in [-0.2, 0) is 0 Å². The minimum Gasteiger partial charge on any atom is -0.353 e. The van der Waals surface area contributed by atoms with E-state index in [2.05, 4.69) is 57.5 Å². The number of piperidine rings is 1. The Balaban J connectivity index is 0.000000179. The largest absolute Gasteiger partial charge is 0.353 e. The van der Waals surface area contributed by atoms with E-state index in [4.69, 9.17) is 28.2 Å². The lowest BCUT2D eigenvalue weighted by Crippen LogP contribution is -2.29. The Morgan fingerprint density at radius 2 is 1.33 bits per heavy atom. The third-order valence-electron chi connectivity index (χ3n) is 10.7. The molecule has 0 radical (unpaired) electrons. The van der Waals surface area contributed by atoms with Gasteiger partial charge in [0.15, 0.2) is 0 Å². The van der Waals surface area contributed by atoms with Crippen LogP contribution < -0.4 is 5.32 Å². The highest BCUT2D eigenvalue weighted by Crippen LogP contribution is 2.42. The summed E-state index contributed by atoms with van der Waals surface area (Å²) in [7, 11) is 6.17. The molecule has 1 aliphatic carbocycles. The molecule has 11 nitrogen and oxygen atoms in total. The maximum atomic E-state index is 14.9. The Hall–Kier alpha value is -4.82. The Bertz CT molecular complexity index is 2250. The van der Waals surface area contributed by atoms with Crippen LogP contribution >= 0.6 is 23.2 Å². The summed E-state index contributed by atoms with van der Waals surface area (Å²) in [4.78, 5) is 21.9. The van der Waals surface area contributed by atoms with Crippen molar-refractivity contribution in [1.82, 2.24) is 50.1 Å². The highest BCUT2D eigenvalue weighted by molar-refractivity contribution is 6.31.